The molecule has 0 aliphatic rings. The fourth-order valence-corrected chi connectivity index (χ4v) is 1.78. The van der Waals surface area contributed by atoms with E-state index in [0.717, 1.165) is 0 Å². The third-order valence-corrected chi connectivity index (χ3v) is 2.71. The molecule has 1 aromatic rings. The van der Waals surface area contributed by atoms with Gasteiger partial charge in [0, 0.05) is 18.4 Å². The lowest BCUT2D eigenvalue weighted by Crippen LogP contribution is -2.01. The molecule has 4 nitrogen and oxygen atoms in total. The molecule has 0 fully saturated rings. The molecule has 0 unspecified atom stereocenters. The summed E-state index contributed by atoms with van der Waals surface area (Å²) in [5.41, 5.74) is 1.52. The monoisotopic (exact) mass is 289 g/mol. The van der Waals surface area contributed by atoms with Crippen LogP contribution < -0.4 is 0 Å². The zero-order chi connectivity index (χ0) is 14.7. The van der Waals surface area contributed by atoms with Crippen LogP contribution in [0.3, 0.4) is 0 Å². The summed E-state index contributed by atoms with van der Waals surface area (Å²) in [6.07, 6.45) is 10.8. The van der Waals surface area contributed by atoms with Crippen molar-refractivity contribution in [1.29, 1.82) is 0 Å². The summed E-state index contributed by atoms with van der Waals surface area (Å²) in [7, 11) is -3.67. The summed E-state index contributed by atoms with van der Waals surface area (Å²) in [5, 5.41) is 0. The molecule has 0 saturated heterocycles. The van der Waals surface area contributed by atoms with Gasteiger partial charge in [0.2, 0.25) is 0 Å². The first kappa shape index (κ1) is 18.2. The van der Waals surface area contributed by atoms with Crippen LogP contribution in [0.25, 0.3) is 0 Å². The van der Waals surface area contributed by atoms with Crippen LogP contribution >= 0.6 is 0 Å². The highest BCUT2D eigenvalue weighted by atomic mass is 32.2. The zero-order valence-corrected chi connectivity index (χ0v) is 13.1. The van der Waals surface area contributed by atoms with Crippen molar-refractivity contribution in [2.45, 2.75) is 58.9 Å². The minimum atomic E-state index is -3.67. The van der Waals surface area contributed by atoms with E-state index in [0.29, 0.717) is 6.26 Å². The highest BCUT2D eigenvalue weighted by Crippen LogP contribution is 2.09. The quantitative estimate of drug-likeness (QED) is 0.617. The van der Waals surface area contributed by atoms with Crippen molar-refractivity contribution in [3.63, 3.8) is 0 Å². The Morgan fingerprint density at radius 2 is 1.74 bits per heavy atom. The summed E-state index contributed by atoms with van der Waals surface area (Å²) in [5.74, 6) is 0. The lowest BCUT2D eigenvalue weighted by Gasteiger charge is -2.08. The van der Waals surface area contributed by atoms with Crippen molar-refractivity contribution >= 4 is 10.1 Å². The molecular formula is C14H27NO3S. The van der Waals surface area contributed by atoms with E-state index in [4.69, 9.17) is 4.55 Å². The molecule has 1 rings (SSSR count). The Kier molecular flexibility index (Phi) is 9.61. The van der Waals surface area contributed by atoms with Gasteiger partial charge in [0.15, 0.2) is 0 Å². The molecule has 0 saturated carbocycles. The van der Waals surface area contributed by atoms with Gasteiger partial charge in [-0.25, -0.2) is 0 Å². The van der Waals surface area contributed by atoms with E-state index in [1.165, 1.54) is 50.8 Å². The summed E-state index contributed by atoms with van der Waals surface area (Å²) in [6.45, 7) is 5.72. The molecular weight excluding hydrogens is 262 g/mol. The third kappa shape index (κ3) is 12.0. The Bertz CT molecular complexity index is 416. The van der Waals surface area contributed by atoms with E-state index >= 15 is 0 Å². The van der Waals surface area contributed by atoms with E-state index in [1.807, 2.05) is 0 Å². The SMILES string of the molecule is CCCCCn1cccc1CCCC.CS(=O)(=O)O. The molecule has 0 bridgehead atoms. The Hall–Kier alpha value is -0.810. The number of nitrogens with zero attached hydrogens (tertiary/aromatic N) is 1. The van der Waals surface area contributed by atoms with Gasteiger partial charge in [-0.2, -0.15) is 8.42 Å². The maximum absolute atomic E-state index is 9.19. The van der Waals surface area contributed by atoms with Crippen molar-refractivity contribution in [2.24, 2.45) is 0 Å². The van der Waals surface area contributed by atoms with Gasteiger partial charge in [0.25, 0.3) is 10.1 Å². The summed E-state index contributed by atoms with van der Waals surface area (Å²) in [4.78, 5) is 0. The normalized spacial score (nSPS) is 10.9. The Labute approximate surface area is 117 Å². The predicted octanol–water partition coefficient (Wildman–Crippen LogP) is 3.52. The number of hydrogen-bond acceptors (Lipinski definition) is 2. The molecule has 0 radical (unpaired) electrons. The van der Waals surface area contributed by atoms with Crippen molar-refractivity contribution < 1.29 is 13.0 Å². The van der Waals surface area contributed by atoms with Crippen LogP contribution in [-0.4, -0.2) is 23.8 Å². The van der Waals surface area contributed by atoms with Gasteiger partial charge in [-0.05, 0) is 31.4 Å². The lowest BCUT2D eigenvalue weighted by molar-refractivity contribution is 0.490. The minimum Gasteiger partial charge on any atom is -0.351 e. The average Bonchev–Trinajstić information content (AvgIpc) is 2.72. The molecule has 19 heavy (non-hydrogen) atoms. The fourth-order valence-electron chi connectivity index (χ4n) is 1.78. The zero-order valence-electron chi connectivity index (χ0n) is 12.3. The molecule has 0 atom stereocenters. The number of aromatic nitrogens is 1. The number of hydrogen-bond donors (Lipinski definition) is 1. The molecule has 0 amide bonds. The highest BCUT2D eigenvalue weighted by molar-refractivity contribution is 7.85. The van der Waals surface area contributed by atoms with Crippen molar-refractivity contribution in [2.75, 3.05) is 6.26 Å². The Morgan fingerprint density at radius 1 is 1.16 bits per heavy atom. The van der Waals surface area contributed by atoms with Gasteiger partial charge >= 0.3 is 0 Å². The highest BCUT2D eigenvalue weighted by Gasteiger charge is 1.99. The van der Waals surface area contributed by atoms with Crippen molar-refractivity contribution in [3.05, 3.63) is 24.0 Å². The molecule has 0 aliphatic carbocycles. The standard InChI is InChI=1S/C13H23N.CH4O3S/c1-3-5-7-11-14-12-8-10-13(14)9-6-4-2;1-5(2,3)4/h8,10,12H,3-7,9,11H2,1-2H3;1H3,(H,2,3,4). The largest absolute Gasteiger partial charge is 0.351 e. The maximum Gasteiger partial charge on any atom is 0.261 e. The van der Waals surface area contributed by atoms with Gasteiger partial charge in [-0.15, -0.1) is 0 Å². The molecule has 1 N–H and O–H groups in total. The van der Waals surface area contributed by atoms with E-state index in [1.54, 1.807) is 0 Å². The third-order valence-electron chi connectivity index (χ3n) is 2.71. The molecule has 1 aromatic heterocycles. The first-order valence-corrected chi connectivity index (χ1v) is 8.79. The molecule has 5 heteroatoms. The lowest BCUT2D eigenvalue weighted by atomic mass is 10.2. The summed E-state index contributed by atoms with van der Waals surface area (Å²) in [6, 6.07) is 4.44. The van der Waals surface area contributed by atoms with Crippen molar-refractivity contribution in [3.8, 4) is 0 Å². The van der Waals surface area contributed by atoms with Gasteiger partial charge in [0.1, 0.15) is 0 Å². The van der Waals surface area contributed by atoms with Crippen LogP contribution in [0.2, 0.25) is 0 Å². The molecule has 1 heterocycles. The number of unbranched alkanes of at least 4 members (excludes halogenated alkanes) is 3. The van der Waals surface area contributed by atoms with Gasteiger partial charge < -0.3 is 4.57 Å². The number of rotatable bonds is 7. The van der Waals surface area contributed by atoms with E-state index < -0.39 is 10.1 Å². The maximum atomic E-state index is 9.19. The van der Waals surface area contributed by atoms with Gasteiger partial charge in [0.05, 0.1) is 6.26 Å². The summed E-state index contributed by atoms with van der Waals surface area (Å²) < 4.78 is 28.3. The summed E-state index contributed by atoms with van der Waals surface area (Å²) >= 11 is 0. The van der Waals surface area contributed by atoms with E-state index in [2.05, 4.69) is 36.7 Å². The van der Waals surface area contributed by atoms with Crippen LogP contribution in [-0.2, 0) is 23.1 Å². The fraction of sp³-hybridized carbons (Fsp3) is 0.714. The molecule has 0 aromatic carbocycles. The minimum absolute atomic E-state index is 0.715. The number of aryl methyl sites for hydroxylation is 2. The predicted molar refractivity (Wildman–Crippen MR) is 80.0 cm³/mol. The van der Waals surface area contributed by atoms with E-state index in [9.17, 15) is 8.42 Å². The second-order valence-electron chi connectivity index (χ2n) is 4.74. The van der Waals surface area contributed by atoms with Crippen LogP contribution in [0.15, 0.2) is 18.3 Å². The van der Waals surface area contributed by atoms with Crippen LogP contribution in [0.1, 0.15) is 51.6 Å². The van der Waals surface area contributed by atoms with Crippen molar-refractivity contribution in [1.82, 2.24) is 4.57 Å². The van der Waals surface area contributed by atoms with Crippen LogP contribution in [0.4, 0.5) is 0 Å². The smallest absolute Gasteiger partial charge is 0.261 e. The first-order valence-electron chi connectivity index (χ1n) is 6.95. The van der Waals surface area contributed by atoms with E-state index in [-0.39, 0.29) is 0 Å². The topological polar surface area (TPSA) is 59.3 Å². The molecule has 0 aliphatic heterocycles. The van der Waals surface area contributed by atoms with Gasteiger partial charge in [-0.1, -0.05) is 33.1 Å². The second kappa shape index (κ2) is 10.0. The second-order valence-corrected chi connectivity index (χ2v) is 6.20. The average molecular weight is 289 g/mol. The first-order chi connectivity index (χ1) is 8.88. The van der Waals surface area contributed by atoms with Crippen LogP contribution in [0.5, 0.6) is 0 Å². The molecule has 0 spiro atoms. The Morgan fingerprint density at radius 3 is 2.26 bits per heavy atom. The Balaban J connectivity index is 0.000000555. The molecule has 112 valence electrons. The van der Waals surface area contributed by atoms with Gasteiger partial charge in [-0.3, -0.25) is 4.55 Å². The van der Waals surface area contributed by atoms with Crippen LogP contribution in [0, 0.1) is 0 Å².